The summed E-state index contributed by atoms with van der Waals surface area (Å²) in [7, 11) is 0. The smallest absolute Gasteiger partial charge is 0.335 e. The quantitative estimate of drug-likeness (QED) is 0.934. The molecular weight excluding hydrogens is 304 g/mol. The van der Waals surface area contributed by atoms with E-state index < -0.39 is 5.97 Å². The fourth-order valence-electron chi connectivity index (χ4n) is 1.29. The van der Waals surface area contributed by atoms with Crippen molar-refractivity contribution < 1.29 is 14.6 Å². The van der Waals surface area contributed by atoms with Crippen LogP contribution in [0.1, 0.15) is 15.2 Å². The number of carboxylic acids is 1. The maximum atomic E-state index is 10.7. The standard InChI is InChI=1S/C12H9BrO3S/c13-10-6-8(12(14)15)3-4-11(10)16-7-9-2-1-5-17-9/h1-6H,7H2,(H,14,15). The number of thiophene rings is 1. The largest absolute Gasteiger partial charge is 0.487 e. The van der Waals surface area contributed by atoms with Gasteiger partial charge in [0.1, 0.15) is 12.4 Å². The summed E-state index contributed by atoms with van der Waals surface area (Å²) < 4.78 is 6.23. The van der Waals surface area contributed by atoms with E-state index in [1.54, 1.807) is 17.4 Å². The molecule has 1 aromatic heterocycles. The Morgan fingerprint density at radius 2 is 2.24 bits per heavy atom. The number of halogens is 1. The second-order valence-electron chi connectivity index (χ2n) is 3.32. The Bertz CT molecular complexity index is 523. The van der Waals surface area contributed by atoms with Crippen molar-refractivity contribution in [3.8, 4) is 5.75 Å². The molecule has 0 saturated carbocycles. The van der Waals surface area contributed by atoms with E-state index in [-0.39, 0.29) is 5.56 Å². The minimum absolute atomic E-state index is 0.236. The monoisotopic (exact) mass is 312 g/mol. The van der Waals surface area contributed by atoms with Gasteiger partial charge in [0.05, 0.1) is 10.0 Å². The average Bonchev–Trinajstić information content (AvgIpc) is 2.80. The SMILES string of the molecule is O=C(O)c1ccc(OCc2cccs2)c(Br)c1. The molecule has 1 heterocycles. The first kappa shape index (κ1) is 12.1. The minimum atomic E-state index is -0.949. The Morgan fingerprint density at radius 3 is 2.82 bits per heavy atom. The molecule has 0 unspecified atom stereocenters. The van der Waals surface area contributed by atoms with E-state index in [9.17, 15) is 4.79 Å². The molecule has 0 spiro atoms. The van der Waals surface area contributed by atoms with Crippen LogP contribution in [0.25, 0.3) is 0 Å². The van der Waals surface area contributed by atoms with Gasteiger partial charge in [-0.3, -0.25) is 0 Å². The van der Waals surface area contributed by atoms with Gasteiger partial charge < -0.3 is 9.84 Å². The van der Waals surface area contributed by atoms with Gasteiger partial charge in [0.25, 0.3) is 0 Å². The Labute approximate surface area is 111 Å². The number of ether oxygens (including phenoxy) is 1. The third-order valence-electron chi connectivity index (χ3n) is 2.13. The Hall–Kier alpha value is -1.33. The molecule has 5 heteroatoms. The molecule has 88 valence electrons. The lowest BCUT2D eigenvalue weighted by atomic mass is 10.2. The lowest BCUT2D eigenvalue weighted by Gasteiger charge is -2.07. The van der Waals surface area contributed by atoms with Crippen molar-refractivity contribution in [1.29, 1.82) is 0 Å². The zero-order chi connectivity index (χ0) is 12.3. The summed E-state index contributed by atoms with van der Waals surface area (Å²) in [5.41, 5.74) is 0.236. The molecule has 3 nitrogen and oxygen atoms in total. The zero-order valence-electron chi connectivity index (χ0n) is 8.72. The molecule has 0 radical (unpaired) electrons. The second-order valence-corrected chi connectivity index (χ2v) is 5.20. The number of benzene rings is 1. The van der Waals surface area contributed by atoms with Crippen LogP contribution < -0.4 is 4.74 Å². The normalized spacial score (nSPS) is 10.2. The summed E-state index contributed by atoms with van der Waals surface area (Å²) in [5, 5.41) is 10.8. The lowest BCUT2D eigenvalue weighted by Crippen LogP contribution is -1.98. The molecule has 0 bridgehead atoms. The van der Waals surface area contributed by atoms with Crippen molar-refractivity contribution in [3.63, 3.8) is 0 Å². The van der Waals surface area contributed by atoms with E-state index >= 15 is 0 Å². The van der Waals surface area contributed by atoms with Gasteiger partial charge in [0.15, 0.2) is 0 Å². The van der Waals surface area contributed by atoms with E-state index in [0.717, 1.165) is 4.88 Å². The topological polar surface area (TPSA) is 46.5 Å². The summed E-state index contributed by atoms with van der Waals surface area (Å²) in [6, 6.07) is 8.67. The van der Waals surface area contributed by atoms with Crippen LogP contribution in [0.2, 0.25) is 0 Å². The Balaban J connectivity index is 2.09. The summed E-state index contributed by atoms with van der Waals surface area (Å²) >= 11 is 4.92. The second kappa shape index (κ2) is 5.33. The van der Waals surface area contributed by atoms with Crippen molar-refractivity contribution in [1.82, 2.24) is 0 Å². The van der Waals surface area contributed by atoms with Crippen LogP contribution >= 0.6 is 27.3 Å². The van der Waals surface area contributed by atoms with Crippen molar-refractivity contribution >= 4 is 33.2 Å². The molecule has 2 rings (SSSR count). The van der Waals surface area contributed by atoms with E-state index in [4.69, 9.17) is 9.84 Å². The van der Waals surface area contributed by atoms with Crippen molar-refractivity contribution in [2.75, 3.05) is 0 Å². The maximum absolute atomic E-state index is 10.7. The van der Waals surface area contributed by atoms with Gasteiger partial charge in [-0.25, -0.2) is 4.79 Å². The van der Waals surface area contributed by atoms with Gasteiger partial charge in [-0.15, -0.1) is 11.3 Å². The van der Waals surface area contributed by atoms with Crippen molar-refractivity contribution in [3.05, 3.63) is 50.6 Å². The third-order valence-corrected chi connectivity index (χ3v) is 3.60. The third kappa shape index (κ3) is 3.08. The first-order valence-electron chi connectivity index (χ1n) is 4.85. The van der Waals surface area contributed by atoms with Crippen LogP contribution in [0.3, 0.4) is 0 Å². The highest BCUT2D eigenvalue weighted by atomic mass is 79.9. The Kier molecular flexibility index (Phi) is 3.81. The summed E-state index contributed by atoms with van der Waals surface area (Å²) in [4.78, 5) is 11.9. The molecule has 0 aliphatic rings. The molecule has 0 aliphatic heterocycles. The molecule has 0 amide bonds. The van der Waals surface area contributed by atoms with Crippen LogP contribution in [0, 0.1) is 0 Å². The summed E-state index contributed by atoms with van der Waals surface area (Å²) in [6.07, 6.45) is 0. The van der Waals surface area contributed by atoms with Crippen LogP contribution in [-0.4, -0.2) is 11.1 Å². The number of hydrogen-bond donors (Lipinski definition) is 1. The number of rotatable bonds is 4. The molecule has 1 N–H and O–H groups in total. The van der Waals surface area contributed by atoms with Gasteiger partial charge in [-0.05, 0) is 45.6 Å². The van der Waals surface area contributed by atoms with E-state index in [2.05, 4.69) is 15.9 Å². The maximum Gasteiger partial charge on any atom is 0.335 e. The van der Waals surface area contributed by atoms with Crippen LogP contribution in [0.5, 0.6) is 5.75 Å². The average molecular weight is 313 g/mol. The highest BCUT2D eigenvalue weighted by Crippen LogP contribution is 2.27. The molecule has 0 atom stereocenters. The lowest BCUT2D eigenvalue weighted by molar-refractivity contribution is 0.0697. The van der Waals surface area contributed by atoms with Crippen LogP contribution in [-0.2, 0) is 6.61 Å². The van der Waals surface area contributed by atoms with Crippen LogP contribution in [0.4, 0.5) is 0 Å². The molecule has 0 saturated heterocycles. The predicted molar refractivity (Wildman–Crippen MR) is 69.8 cm³/mol. The highest BCUT2D eigenvalue weighted by Gasteiger charge is 2.07. The highest BCUT2D eigenvalue weighted by molar-refractivity contribution is 9.10. The molecule has 0 aliphatic carbocycles. The number of aromatic carboxylic acids is 1. The van der Waals surface area contributed by atoms with E-state index in [0.29, 0.717) is 16.8 Å². The molecule has 0 fully saturated rings. The van der Waals surface area contributed by atoms with Gasteiger partial charge in [-0.1, -0.05) is 6.07 Å². The molecule has 1 aromatic carbocycles. The van der Waals surface area contributed by atoms with Crippen LogP contribution in [0.15, 0.2) is 40.2 Å². The molecule has 2 aromatic rings. The predicted octanol–water partition coefficient (Wildman–Crippen LogP) is 3.79. The first-order valence-corrected chi connectivity index (χ1v) is 6.52. The van der Waals surface area contributed by atoms with Gasteiger partial charge >= 0.3 is 5.97 Å². The fourth-order valence-corrected chi connectivity index (χ4v) is 2.40. The number of carbonyl (C=O) groups is 1. The fraction of sp³-hybridized carbons (Fsp3) is 0.0833. The zero-order valence-corrected chi connectivity index (χ0v) is 11.1. The van der Waals surface area contributed by atoms with E-state index in [1.165, 1.54) is 12.1 Å². The number of carboxylic acid groups (broad SMARTS) is 1. The molecular formula is C12H9BrO3S. The molecule has 17 heavy (non-hydrogen) atoms. The summed E-state index contributed by atoms with van der Waals surface area (Å²) in [5.74, 6) is -0.307. The first-order chi connectivity index (χ1) is 8.16. The number of hydrogen-bond acceptors (Lipinski definition) is 3. The van der Waals surface area contributed by atoms with Gasteiger partial charge in [0.2, 0.25) is 0 Å². The van der Waals surface area contributed by atoms with Crippen molar-refractivity contribution in [2.45, 2.75) is 6.61 Å². The summed E-state index contributed by atoms with van der Waals surface area (Å²) in [6.45, 7) is 0.489. The minimum Gasteiger partial charge on any atom is -0.487 e. The van der Waals surface area contributed by atoms with Gasteiger partial charge in [-0.2, -0.15) is 0 Å². The van der Waals surface area contributed by atoms with Gasteiger partial charge in [0, 0.05) is 4.88 Å². The van der Waals surface area contributed by atoms with Crippen molar-refractivity contribution in [2.24, 2.45) is 0 Å². The van der Waals surface area contributed by atoms with E-state index in [1.807, 2.05) is 17.5 Å². The Morgan fingerprint density at radius 1 is 1.41 bits per heavy atom.